The maximum absolute atomic E-state index is 13.0. The SMILES string of the molecule is NCc1cc(Oc2ccc(F)cc2Cl)nc2ccccc12. The topological polar surface area (TPSA) is 48.1 Å². The summed E-state index contributed by atoms with van der Waals surface area (Å²) in [5.41, 5.74) is 7.48. The van der Waals surface area contributed by atoms with Gasteiger partial charge in [-0.1, -0.05) is 29.8 Å². The molecule has 0 aliphatic carbocycles. The zero-order valence-electron chi connectivity index (χ0n) is 11.0. The van der Waals surface area contributed by atoms with Crippen LogP contribution in [-0.2, 0) is 6.54 Å². The molecule has 3 rings (SSSR count). The van der Waals surface area contributed by atoms with Crippen molar-refractivity contribution in [2.24, 2.45) is 5.73 Å². The summed E-state index contributed by atoms with van der Waals surface area (Å²) in [5, 5.41) is 1.18. The molecule has 0 aliphatic heterocycles. The number of nitrogens with zero attached hydrogens (tertiary/aromatic N) is 1. The summed E-state index contributed by atoms with van der Waals surface area (Å²) >= 11 is 5.95. The minimum atomic E-state index is -0.415. The zero-order valence-corrected chi connectivity index (χ0v) is 11.8. The van der Waals surface area contributed by atoms with Crippen LogP contribution >= 0.6 is 11.6 Å². The van der Waals surface area contributed by atoms with Crippen LogP contribution in [0.2, 0.25) is 5.02 Å². The van der Waals surface area contributed by atoms with Crippen molar-refractivity contribution in [1.29, 1.82) is 0 Å². The second-order valence-electron chi connectivity index (χ2n) is 4.52. The summed E-state index contributed by atoms with van der Waals surface area (Å²) in [6.45, 7) is 0.372. The number of pyridine rings is 1. The summed E-state index contributed by atoms with van der Waals surface area (Å²) in [7, 11) is 0. The first-order valence-electron chi connectivity index (χ1n) is 6.39. The Bertz CT molecular complexity index is 807. The Morgan fingerprint density at radius 3 is 2.71 bits per heavy atom. The lowest BCUT2D eigenvalue weighted by molar-refractivity contribution is 0.463. The molecule has 106 valence electrons. The number of aromatic nitrogens is 1. The van der Waals surface area contributed by atoms with Crippen LogP contribution in [0.1, 0.15) is 5.56 Å². The van der Waals surface area contributed by atoms with E-state index in [1.165, 1.54) is 18.2 Å². The van der Waals surface area contributed by atoms with Crippen molar-refractivity contribution in [1.82, 2.24) is 4.98 Å². The molecule has 2 N–H and O–H groups in total. The van der Waals surface area contributed by atoms with E-state index in [0.29, 0.717) is 18.2 Å². The Hall–Kier alpha value is -2.17. The minimum Gasteiger partial charge on any atom is -0.437 e. The van der Waals surface area contributed by atoms with Gasteiger partial charge in [-0.15, -0.1) is 0 Å². The quantitative estimate of drug-likeness (QED) is 0.785. The number of halogens is 2. The number of benzene rings is 2. The molecule has 5 heteroatoms. The van der Waals surface area contributed by atoms with Gasteiger partial charge in [-0.05, 0) is 29.8 Å². The van der Waals surface area contributed by atoms with E-state index in [1.807, 2.05) is 24.3 Å². The first kappa shape index (κ1) is 13.8. The summed E-state index contributed by atoms with van der Waals surface area (Å²) in [4.78, 5) is 4.41. The van der Waals surface area contributed by atoms with Crippen LogP contribution in [0.15, 0.2) is 48.5 Å². The molecule has 0 saturated carbocycles. The van der Waals surface area contributed by atoms with Crippen LogP contribution < -0.4 is 10.5 Å². The van der Waals surface area contributed by atoms with Crippen molar-refractivity contribution in [3.05, 3.63) is 64.9 Å². The first-order chi connectivity index (χ1) is 10.2. The second-order valence-corrected chi connectivity index (χ2v) is 4.92. The van der Waals surface area contributed by atoms with Crippen LogP contribution in [0.25, 0.3) is 10.9 Å². The van der Waals surface area contributed by atoms with E-state index in [4.69, 9.17) is 22.1 Å². The summed E-state index contributed by atoms with van der Waals surface area (Å²) in [6.07, 6.45) is 0. The van der Waals surface area contributed by atoms with Crippen molar-refractivity contribution in [2.45, 2.75) is 6.54 Å². The van der Waals surface area contributed by atoms with Gasteiger partial charge >= 0.3 is 0 Å². The molecule has 0 radical (unpaired) electrons. The molecule has 0 amide bonds. The molecule has 0 fully saturated rings. The average Bonchev–Trinajstić information content (AvgIpc) is 2.49. The van der Waals surface area contributed by atoms with Gasteiger partial charge in [-0.25, -0.2) is 9.37 Å². The number of fused-ring (bicyclic) bond motifs is 1. The van der Waals surface area contributed by atoms with E-state index < -0.39 is 5.82 Å². The number of rotatable bonds is 3. The molecule has 2 aromatic carbocycles. The third-order valence-electron chi connectivity index (χ3n) is 3.11. The fourth-order valence-corrected chi connectivity index (χ4v) is 2.32. The average molecular weight is 303 g/mol. The van der Waals surface area contributed by atoms with Crippen molar-refractivity contribution in [2.75, 3.05) is 0 Å². The minimum absolute atomic E-state index is 0.194. The number of hydrogen-bond acceptors (Lipinski definition) is 3. The van der Waals surface area contributed by atoms with E-state index in [9.17, 15) is 4.39 Å². The van der Waals surface area contributed by atoms with Crippen LogP contribution in [0, 0.1) is 5.82 Å². The molecular weight excluding hydrogens is 291 g/mol. The third-order valence-corrected chi connectivity index (χ3v) is 3.40. The van der Waals surface area contributed by atoms with E-state index in [-0.39, 0.29) is 5.02 Å². The van der Waals surface area contributed by atoms with Crippen LogP contribution in [0.5, 0.6) is 11.6 Å². The van der Waals surface area contributed by atoms with Crippen molar-refractivity contribution < 1.29 is 9.13 Å². The van der Waals surface area contributed by atoms with Crippen molar-refractivity contribution in [3.63, 3.8) is 0 Å². The number of para-hydroxylation sites is 1. The highest BCUT2D eigenvalue weighted by Gasteiger charge is 2.09. The molecular formula is C16H12ClFN2O. The van der Waals surface area contributed by atoms with Gasteiger partial charge in [0.1, 0.15) is 11.6 Å². The van der Waals surface area contributed by atoms with Gasteiger partial charge in [0, 0.05) is 18.0 Å². The Kier molecular flexibility index (Phi) is 3.73. The van der Waals surface area contributed by atoms with E-state index >= 15 is 0 Å². The Labute approximate surface area is 126 Å². The molecule has 3 aromatic rings. The lowest BCUT2D eigenvalue weighted by Gasteiger charge is -2.10. The maximum atomic E-state index is 13.0. The lowest BCUT2D eigenvalue weighted by atomic mass is 10.1. The summed E-state index contributed by atoms with van der Waals surface area (Å²) in [6, 6.07) is 13.4. The molecule has 21 heavy (non-hydrogen) atoms. The van der Waals surface area contributed by atoms with Crippen molar-refractivity contribution in [3.8, 4) is 11.6 Å². The first-order valence-corrected chi connectivity index (χ1v) is 6.77. The largest absolute Gasteiger partial charge is 0.437 e. The van der Waals surface area contributed by atoms with Gasteiger partial charge in [0.15, 0.2) is 0 Å². The predicted octanol–water partition coefficient (Wildman–Crippen LogP) is 4.28. The molecule has 0 saturated heterocycles. The standard InChI is InChI=1S/C16H12ClFN2O/c17-13-8-11(18)5-6-15(13)21-16-7-10(9-19)12-3-1-2-4-14(12)20-16/h1-8H,9,19H2. The molecule has 3 nitrogen and oxygen atoms in total. The molecule has 0 atom stereocenters. The molecule has 1 aromatic heterocycles. The van der Waals surface area contributed by atoms with E-state index in [1.54, 1.807) is 6.07 Å². The fraction of sp³-hybridized carbons (Fsp3) is 0.0625. The van der Waals surface area contributed by atoms with Gasteiger partial charge in [0.2, 0.25) is 5.88 Å². The molecule has 1 heterocycles. The van der Waals surface area contributed by atoms with Gasteiger partial charge in [-0.3, -0.25) is 0 Å². The third kappa shape index (κ3) is 2.82. The highest BCUT2D eigenvalue weighted by molar-refractivity contribution is 6.32. The number of nitrogens with two attached hydrogens (primary N) is 1. The van der Waals surface area contributed by atoms with Gasteiger partial charge in [0.25, 0.3) is 0 Å². The molecule has 0 bridgehead atoms. The monoisotopic (exact) mass is 302 g/mol. The van der Waals surface area contributed by atoms with Gasteiger partial charge in [-0.2, -0.15) is 0 Å². The smallest absolute Gasteiger partial charge is 0.220 e. The zero-order chi connectivity index (χ0) is 14.8. The van der Waals surface area contributed by atoms with Crippen LogP contribution in [0.3, 0.4) is 0 Å². The summed E-state index contributed by atoms with van der Waals surface area (Å²) in [5.74, 6) is 0.313. The number of ether oxygens (including phenoxy) is 1. The molecule has 0 unspecified atom stereocenters. The maximum Gasteiger partial charge on any atom is 0.220 e. The predicted molar refractivity (Wildman–Crippen MR) is 81.1 cm³/mol. The Balaban J connectivity index is 2.04. The number of hydrogen-bond donors (Lipinski definition) is 1. The van der Waals surface area contributed by atoms with Crippen LogP contribution in [-0.4, -0.2) is 4.98 Å². The highest BCUT2D eigenvalue weighted by Crippen LogP contribution is 2.30. The van der Waals surface area contributed by atoms with Gasteiger partial charge in [0.05, 0.1) is 10.5 Å². The normalized spacial score (nSPS) is 10.8. The van der Waals surface area contributed by atoms with Gasteiger partial charge < -0.3 is 10.5 Å². The fourth-order valence-electron chi connectivity index (χ4n) is 2.11. The highest BCUT2D eigenvalue weighted by atomic mass is 35.5. The van der Waals surface area contributed by atoms with Crippen LogP contribution in [0.4, 0.5) is 4.39 Å². The molecule has 0 aliphatic rings. The summed E-state index contributed by atoms with van der Waals surface area (Å²) < 4.78 is 18.7. The lowest BCUT2D eigenvalue weighted by Crippen LogP contribution is -2.00. The van der Waals surface area contributed by atoms with E-state index in [0.717, 1.165) is 16.5 Å². The molecule has 0 spiro atoms. The van der Waals surface area contributed by atoms with E-state index in [2.05, 4.69) is 4.98 Å². The van der Waals surface area contributed by atoms with Crippen molar-refractivity contribution >= 4 is 22.5 Å². The second kappa shape index (κ2) is 5.68. The Morgan fingerprint density at radius 1 is 1.14 bits per heavy atom. The Morgan fingerprint density at radius 2 is 1.95 bits per heavy atom.